The van der Waals surface area contributed by atoms with E-state index in [1.165, 1.54) is 28.5 Å². The highest BCUT2D eigenvalue weighted by atomic mass is 32.1. The van der Waals surface area contributed by atoms with Crippen LogP contribution in [0.4, 0.5) is 10.9 Å². The van der Waals surface area contributed by atoms with E-state index in [0.717, 1.165) is 44.2 Å². The predicted octanol–water partition coefficient (Wildman–Crippen LogP) is 1.93. The van der Waals surface area contributed by atoms with Gasteiger partial charge in [-0.15, -0.1) is 21.5 Å². The van der Waals surface area contributed by atoms with Gasteiger partial charge in [0.2, 0.25) is 0 Å². The van der Waals surface area contributed by atoms with E-state index in [2.05, 4.69) is 25.1 Å². The van der Waals surface area contributed by atoms with E-state index in [-0.39, 0.29) is 0 Å². The zero-order chi connectivity index (χ0) is 16.6. The van der Waals surface area contributed by atoms with Crippen LogP contribution in [0.1, 0.15) is 17.0 Å². The first-order valence-electron chi connectivity index (χ1n) is 8.69. The lowest BCUT2D eigenvalue weighted by Gasteiger charge is -2.35. The van der Waals surface area contributed by atoms with Gasteiger partial charge in [-0.1, -0.05) is 0 Å². The second-order valence-corrected chi connectivity index (χ2v) is 7.46. The van der Waals surface area contributed by atoms with Crippen LogP contribution >= 0.6 is 11.3 Å². The van der Waals surface area contributed by atoms with Crippen molar-refractivity contribution in [1.82, 2.24) is 25.0 Å². The molecule has 0 N–H and O–H groups in total. The molecule has 0 bridgehead atoms. The fourth-order valence-corrected chi connectivity index (χ4v) is 4.65. The molecule has 1 fully saturated rings. The SMILES string of the molecule is c1cnn(-c2ccc(N3CCN(c4nc5c(s4)CCC5)CC3)nn2)c1. The van der Waals surface area contributed by atoms with Crippen molar-refractivity contribution in [2.24, 2.45) is 0 Å². The summed E-state index contributed by atoms with van der Waals surface area (Å²) >= 11 is 1.88. The lowest BCUT2D eigenvalue weighted by molar-refractivity contribution is 0.640. The van der Waals surface area contributed by atoms with Crippen molar-refractivity contribution in [3.63, 3.8) is 0 Å². The van der Waals surface area contributed by atoms with Gasteiger partial charge in [-0.3, -0.25) is 0 Å². The van der Waals surface area contributed by atoms with E-state index in [9.17, 15) is 0 Å². The number of aromatic nitrogens is 5. The molecule has 8 heteroatoms. The molecule has 128 valence electrons. The van der Waals surface area contributed by atoms with E-state index < -0.39 is 0 Å². The van der Waals surface area contributed by atoms with Gasteiger partial charge in [0.05, 0.1) is 5.69 Å². The number of hydrogen-bond acceptors (Lipinski definition) is 7. The minimum Gasteiger partial charge on any atom is -0.352 e. The molecule has 0 spiro atoms. The molecule has 1 saturated heterocycles. The summed E-state index contributed by atoms with van der Waals surface area (Å²) in [6, 6.07) is 5.87. The number of anilines is 2. The van der Waals surface area contributed by atoms with Crippen molar-refractivity contribution in [3.05, 3.63) is 41.2 Å². The fraction of sp³-hybridized carbons (Fsp3) is 0.412. The third kappa shape index (κ3) is 2.76. The van der Waals surface area contributed by atoms with Gasteiger partial charge in [0, 0.05) is 43.4 Å². The van der Waals surface area contributed by atoms with Gasteiger partial charge in [0.1, 0.15) is 0 Å². The first-order valence-corrected chi connectivity index (χ1v) is 9.51. The van der Waals surface area contributed by atoms with Gasteiger partial charge in [-0.05, 0) is 37.5 Å². The number of piperazine rings is 1. The summed E-state index contributed by atoms with van der Waals surface area (Å²) in [6.45, 7) is 3.85. The van der Waals surface area contributed by atoms with Crippen LogP contribution in [0.15, 0.2) is 30.6 Å². The molecule has 1 aliphatic carbocycles. The highest BCUT2D eigenvalue weighted by Gasteiger charge is 2.24. The first-order chi connectivity index (χ1) is 12.4. The standard InChI is InChI=1S/C17H19N7S/c1-3-13-14(4-1)25-17(19-13)23-11-9-22(10-12-23)15-5-6-16(21-20-15)24-8-2-7-18-24/h2,5-8H,1,3-4,9-12H2. The summed E-state index contributed by atoms with van der Waals surface area (Å²) < 4.78 is 1.72. The Balaban J connectivity index is 1.25. The molecular formula is C17H19N7S. The first kappa shape index (κ1) is 14.8. The molecule has 3 aromatic rings. The van der Waals surface area contributed by atoms with Gasteiger partial charge in [0.15, 0.2) is 16.8 Å². The van der Waals surface area contributed by atoms with Crippen LogP contribution in [-0.2, 0) is 12.8 Å². The summed E-state index contributed by atoms with van der Waals surface area (Å²) in [4.78, 5) is 11.0. The minimum atomic E-state index is 0.740. The maximum atomic E-state index is 4.84. The Labute approximate surface area is 149 Å². The average Bonchev–Trinajstić information content (AvgIpc) is 3.39. The summed E-state index contributed by atoms with van der Waals surface area (Å²) in [5.41, 5.74) is 1.34. The minimum absolute atomic E-state index is 0.740. The highest BCUT2D eigenvalue weighted by molar-refractivity contribution is 7.15. The van der Waals surface area contributed by atoms with Crippen LogP contribution in [-0.4, -0.2) is 51.1 Å². The maximum absolute atomic E-state index is 4.84. The molecule has 0 aromatic carbocycles. The second-order valence-electron chi connectivity index (χ2n) is 6.39. The third-order valence-corrected chi connectivity index (χ3v) is 6.05. The Kier molecular flexibility index (Phi) is 3.62. The normalized spacial score (nSPS) is 17.1. The van der Waals surface area contributed by atoms with Crippen LogP contribution in [0.5, 0.6) is 0 Å². The molecule has 0 saturated carbocycles. The van der Waals surface area contributed by atoms with E-state index in [1.807, 2.05) is 35.7 Å². The van der Waals surface area contributed by atoms with E-state index in [0.29, 0.717) is 0 Å². The monoisotopic (exact) mass is 353 g/mol. The zero-order valence-corrected chi connectivity index (χ0v) is 14.7. The predicted molar refractivity (Wildman–Crippen MR) is 97.7 cm³/mol. The lowest BCUT2D eigenvalue weighted by atomic mass is 10.3. The lowest BCUT2D eigenvalue weighted by Crippen LogP contribution is -2.46. The number of rotatable bonds is 3. The molecule has 3 aromatic heterocycles. The van der Waals surface area contributed by atoms with Gasteiger partial charge in [-0.2, -0.15) is 5.10 Å². The Bertz CT molecular complexity index is 826. The number of thiazole rings is 1. The number of nitrogens with zero attached hydrogens (tertiary/aromatic N) is 7. The van der Waals surface area contributed by atoms with Crippen LogP contribution < -0.4 is 9.80 Å². The number of aryl methyl sites for hydroxylation is 2. The summed E-state index contributed by atoms with van der Waals surface area (Å²) in [5, 5.41) is 14.1. The number of hydrogen-bond donors (Lipinski definition) is 0. The molecule has 5 rings (SSSR count). The van der Waals surface area contributed by atoms with Crippen LogP contribution in [0.25, 0.3) is 5.82 Å². The number of fused-ring (bicyclic) bond motifs is 1. The van der Waals surface area contributed by atoms with Crippen molar-refractivity contribution < 1.29 is 0 Å². The van der Waals surface area contributed by atoms with Gasteiger partial charge in [0.25, 0.3) is 0 Å². The average molecular weight is 353 g/mol. The molecule has 0 atom stereocenters. The smallest absolute Gasteiger partial charge is 0.185 e. The molecule has 0 amide bonds. The molecular weight excluding hydrogens is 334 g/mol. The van der Waals surface area contributed by atoms with Crippen molar-refractivity contribution in [2.75, 3.05) is 36.0 Å². The molecule has 7 nitrogen and oxygen atoms in total. The fourth-order valence-electron chi connectivity index (χ4n) is 3.45. The van der Waals surface area contributed by atoms with Gasteiger partial charge >= 0.3 is 0 Å². The zero-order valence-electron chi connectivity index (χ0n) is 13.9. The molecule has 0 unspecified atom stereocenters. The Morgan fingerprint density at radius 3 is 2.44 bits per heavy atom. The van der Waals surface area contributed by atoms with Crippen LogP contribution in [0, 0.1) is 0 Å². The Morgan fingerprint density at radius 1 is 0.920 bits per heavy atom. The largest absolute Gasteiger partial charge is 0.352 e. The van der Waals surface area contributed by atoms with Crippen molar-refractivity contribution in [3.8, 4) is 5.82 Å². The summed E-state index contributed by atoms with van der Waals surface area (Å²) in [6.07, 6.45) is 7.25. The van der Waals surface area contributed by atoms with E-state index in [1.54, 1.807) is 10.9 Å². The molecule has 1 aliphatic heterocycles. The molecule has 0 radical (unpaired) electrons. The van der Waals surface area contributed by atoms with Crippen molar-refractivity contribution >= 4 is 22.3 Å². The second kappa shape index (κ2) is 6.11. The molecule has 4 heterocycles. The van der Waals surface area contributed by atoms with Gasteiger partial charge < -0.3 is 9.80 Å². The quantitative estimate of drug-likeness (QED) is 0.717. The van der Waals surface area contributed by atoms with Crippen LogP contribution in [0.3, 0.4) is 0 Å². The maximum Gasteiger partial charge on any atom is 0.185 e. The van der Waals surface area contributed by atoms with Crippen LogP contribution in [0.2, 0.25) is 0 Å². The Morgan fingerprint density at radius 2 is 1.72 bits per heavy atom. The Hall–Kier alpha value is -2.48. The summed E-state index contributed by atoms with van der Waals surface area (Å²) in [5.74, 6) is 1.67. The topological polar surface area (TPSA) is 63.0 Å². The van der Waals surface area contributed by atoms with E-state index in [4.69, 9.17) is 4.98 Å². The molecule has 2 aliphatic rings. The van der Waals surface area contributed by atoms with Gasteiger partial charge in [-0.25, -0.2) is 9.67 Å². The summed E-state index contributed by atoms with van der Waals surface area (Å²) in [7, 11) is 0. The molecule has 25 heavy (non-hydrogen) atoms. The highest BCUT2D eigenvalue weighted by Crippen LogP contribution is 2.33. The third-order valence-electron chi connectivity index (χ3n) is 4.83. The van der Waals surface area contributed by atoms with Crippen molar-refractivity contribution in [2.45, 2.75) is 19.3 Å². The van der Waals surface area contributed by atoms with E-state index >= 15 is 0 Å². The van der Waals surface area contributed by atoms with Crippen molar-refractivity contribution in [1.29, 1.82) is 0 Å².